The van der Waals surface area contributed by atoms with E-state index in [9.17, 15) is 9.59 Å². The second kappa shape index (κ2) is 6.14. The molecule has 1 aromatic carbocycles. The van der Waals surface area contributed by atoms with E-state index in [1.54, 1.807) is 0 Å². The molecular weight excluding hydrogens is 318 g/mol. The fourth-order valence-corrected chi connectivity index (χ4v) is 2.08. The SMILES string of the molecule is O=C(O)c1ccc(NC(=O)C2COCCO2)c(Br)c1. The van der Waals surface area contributed by atoms with Crippen molar-refractivity contribution in [2.45, 2.75) is 6.10 Å². The van der Waals surface area contributed by atoms with Crippen molar-refractivity contribution in [1.29, 1.82) is 0 Å². The minimum absolute atomic E-state index is 0.141. The minimum atomic E-state index is -1.03. The maximum atomic E-state index is 11.9. The van der Waals surface area contributed by atoms with E-state index in [4.69, 9.17) is 14.6 Å². The summed E-state index contributed by atoms with van der Waals surface area (Å²) in [6.45, 7) is 1.09. The average Bonchev–Trinajstić information content (AvgIpc) is 2.41. The molecule has 0 aromatic heterocycles. The van der Waals surface area contributed by atoms with Crippen LogP contribution in [0.5, 0.6) is 0 Å². The minimum Gasteiger partial charge on any atom is -0.478 e. The van der Waals surface area contributed by atoms with Crippen molar-refractivity contribution in [2.75, 3.05) is 25.1 Å². The predicted octanol–water partition coefficient (Wildman–Crippen LogP) is 1.50. The topological polar surface area (TPSA) is 84.9 Å². The first-order chi connectivity index (χ1) is 9.08. The number of carboxylic acid groups (broad SMARTS) is 1. The van der Waals surface area contributed by atoms with Crippen LogP contribution in [-0.2, 0) is 14.3 Å². The van der Waals surface area contributed by atoms with Gasteiger partial charge in [-0.3, -0.25) is 4.79 Å². The molecule has 1 fully saturated rings. The lowest BCUT2D eigenvalue weighted by molar-refractivity contribution is -0.142. The summed E-state index contributed by atoms with van der Waals surface area (Å²) in [5.74, 6) is -1.34. The Kier molecular flexibility index (Phi) is 4.52. The van der Waals surface area contributed by atoms with Gasteiger partial charge in [-0.15, -0.1) is 0 Å². The number of benzene rings is 1. The summed E-state index contributed by atoms with van der Waals surface area (Å²) in [6.07, 6.45) is -0.639. The molecule has 1 atom stereocenters. The second-order valence-corrected chi connectivity index (χ2v) is 4.78. The van der Waals surface area contributed by atoms with Gasteiger partial charge >= 0.3 is 5.97 Å². The highest BCUT2D eigenvalue weighted by Crippen LogP contribution is 2.24. The Morgan fingerprint density at radius 2 is 2.16 bits per heavy atom. The second-order valence-electron chi connectivity index (χ2n) is 3.92. The van der Waals surface area contributed by atoms with Crippen LogP contribution in [0.15, 0.2) is 22.7 Å². The molecule has 1 saturated heterocycles. The molecule has 0 saturated carbocycles. The molecule has 0 aliphatic carbocycles. The molecule has 1 aliphatic heterocycles. The number of carboxylic acids is 1. The molecule has 0 radical (unpaired) electrons. The Labute approximate surface area is 117 Å². The number of ether oxygens (including phenoxy) is 2. The average molecular weight is 330 g/mol. The Hall–Kier alpha value is -1.44. The van der Waals surface area contributed by atoms with Gasteiger partial charge in [0.2, 0.25) is 0 Å². The van der Waals surface area contributed by atoms with Crippen LogP contribution < -0.4 is 5.32 Å². The van der Waals surface area contributed by atoms with Gasteiger partial charge in [-0.2, -0.15) is 0 Å². The molecular formula is C12H12BrNO5. The zero-order valence-corrected chi connectivity index (χ0v) is 11.5. The van der Waals surface area contributed by atoms with Gasteiger partial charge in [0.15, 0.2) is 6.10 Å². The number of anilines is 1. The predicted molar refractivity (Wildman–Crippen MR) is 70.3 cm³/mol. The summed E-state index contributed by atoms with van der Waals surface area (Å²) >= 11 is 3.22. The van der Waals surface area contributed by atoms with Gasteiger partial charge in [0, 0.05) is 4.47 Å². The van der Waals surface area contributed by atoms with Gasteiger partial charge < -0.3 is 19.9 Å². The molecule has 7 heteroatoms. The number of rotatable bonds is 3. The molecule has 1 amide bonds. The summed E-state index contributed by atoms with van der Waals surface area (Å²) in [5, 5.41) is 11.5. The summed E-state index contributed by atoms with van der Waals surface area (Å²) in [5.41, 5.74) is 0.631. The maximum absolute atomic E-state index is 11.9. The Balaban J connectivity index is 2.06. The van der Waals surface area contributed by atoms with Crippen molar-refractivity contribution in [3.05, 3.63) is 28.2 Å². The molecule has 2 N–H and O–H groups in total. The lowest BCUT2D eigenvalue weighted by atomic mass is 10.2. The number of carbonyl (C=O) groups excluding carboxylic acids is 1. The van der Waals surface area contributed by atoms with E-state index >= 15 is 0 Å². The highest BCUT2D eigenvalue weighted by atomic mass is 79.9. The van der Waals surface area contributed by atoms with Gasteiger partial charge in [0.1, 0.15) is 0 Å². The highest BCUT2D eigenvalue weighted by molar-refractivity contribution is 9.10. The zero-order chi connectivity index (χ0) is 13.8. The molecule has 0 spiro atoms. The molecule has 102 valence electrons. The fraction of sp³-hybridized carbons (Fsp3) is 0.333. The van der Waals surface area contributed by atoms with Crippen molar-refractivity contribution in [3.63, 3.8) is 0 Å². The van der Waals surface area contributed by atoms with E-state index in [0.29, 0.717) is 23.4 Å². The van der Waals surface area contributed by atoms with E-state index in [2.05, 4.69) is 21.2 Å². The third kappa shape index (κ3) is 3.52. The number of nitrogens with one attached hydrogen (secondary N) is 1. The van der Waals surface area contributed by atoms with Gasteiger partial charge in [0.25, 0.3) is 5.91 Å². The van der Waals surface area contributed by atoms with Gasteiger partial charge in [0.05, 0.1) is 31.1 Å². The van der Waals surface area contributed by atoms with Crippen molar-refractivity contribution >= 4 is 33.5 Å². The molecule has 1 aromatic rings. The fourth-order valence-electron chi connectivity index (χ4n) is 1.60. The number of hydrogen-bond acceptors (Lipinski definition) is 4. The summed E-state index contributed by atoms with van der Waals surface area (Å²) < 4.78 is 10.9. The first kappa shape index (κ1) is 14.0. The van der Waals surface area contributed by atoms with Gasteiger partial charge in [-0.25, -0.2) is 4.79 Å². The van der Waals surface area contributed by atoms with Crippen molar-refractivity contribution in [2.24, 2.45) is 0 Å². The van der Waals surface area contributed by atoms with E-state index in [1.807, 2.05) is 0 Å². The summed E-state index contributed by atoms with van der Waals surface area (Å²) in [4.78, 5) is 22.7. The molecule has 1 heterocycles. The van der Waals surface area contributed by atoms with Crippen LogP contribution >= 0.6 is 15.9 Å². The molecule has 2 rings (SSSR count). The third-order valence-corrected chi connectivity index (χ3v) is 3.24. The number of amides is 1. The monoisotopic (exact) mass is 329 g/mol. The van der Waals surface area contributed by atoms with E-state index in [0.717, 1.165) is 0 Å². The lowest BCUT2D eigenvalue weighted by Gasteiger charge is -2.22. The summed E-state index contributed by atoms with van der Waals surface area (Å²) in [7, 11) is 0. The Bertz CT molecular complexity index is 499. The summed E-state index contributed by atoms with van der Waals surface area (Å²) in [6, 6.07) is 4.37. The first-order valence-electron chi connectivity index (χ1n) is 5.61. The largest absolute Gasteiger partial charge is 0.478 e. The van der Waals surface area contributed by atoms with Crippen molar-refractivity contribution < 1.29 is 24.2 Å². The maximum Gasteiger partial charge on any atom is 0.335 e. The van der Waals surface area contributed by atoms with Gasteiger partial charge in [-0.1, -0.05) is 0 Å². The van der Waals surface area contributed by atoms with Gasteiger partial charge in [-0.05, 0) is 34.1 Å². The van der Waals surface area contributed by atoms with Crippen molar-refractivity contribution in [3.8, 4) is 0 Å². The molecule has 1 unspecified atom stereocenters. The van der Waals surface area contributed by atoms with E-state index < -0.39 is 12.1 Å². The standard InChI is InChI=1S/C12H12BrNO5/c13-8-5-7(12(16)17)1-2-9(8)14-11(15)10-6-18-3-4-19-10/h1-2,5,10H,3-4,6H2,(H,14,15)(H,16,17). The lowest BCUT2D eigenvalue weighted by Crippen LogP contribution is -2.39. The Morgan fingerprint density at radius 3 is 2.74 bits per heavy atom. The van der Waals surface area contributed by atoms with Crippen LogP contribution in [0.3, 0.4) is 0 Å². The van der Waals surface area contributed by atoms with Crippen LogP contribution in [0.1, 0.15) is 10.4 Å². The number of halogens is 1. The van der Waals surface area contributed by atoms with Crippen LogP contribution in [-0.4, -0.2) is 42.9 Å². The van der Waals surface area contributed by atoms with Crippen LogP contribution in [0, 0.1) is 0 Å². The molecule has 1 aliphatic rings. The highest BCUT2D eigenvalue weighted by Gasteiger charge is 2.23. The Morgan fingerprint density at radius 1 is 1.37 bits per heavy atom. The number of hydrogen-bond donors (Lipinski definition) is 2. The zero-order valence-electron chi connectivity index (χ0n) is 9.89. The molecule has 6 nitrogen and oxygen atoms in total. The molecule has 19 heavy (non-hydrogen) atoms. The third-order valence-electron chi connectivity index (χ3n) is 2.58. The quantitative estimate of drug-likeness (QED) is 0.877. The smallest absolute Gasteiger partial charge is 0.335 e. The van der Waals surface area contributed by atoms with Crippen LogP contribution in [0.4, 0.5) is 5.69 Å². The van der Waals surface area contributed by atoms with Crippen LogP contribution in [0.25, 0.3) is 0 Å². The van der Waals surface area contributed by atoms with Crippen LogP contribution in [0.2, 0.25) is 0 Å². The van der Waals surface area contributed by atoms with Crippen molar-refractivity contribution in [1.82, 2.24) is 0 Å². The van der Waals surface area contributed by atoms with E-state index in [1.165, 1.54) is 18.2 Å². The first-order valence-corrected chi connectivity index (χ1v) is 6.40. The molecule has 0 bridgehead atoms. The normalized spacial score (nSPS) is 18.9. The number of carbonyl (C=O) groups is 2. The number of aromatic carboxylic acids is 1. The van der Waals surface area contributed by atoms with E-state index in [-0.39, 0.29) is 18.1 Å².